The van der Waals surface area contributed by atoms with Crippen LogP contribution in [0.25, 0.3) is 0 Å². The molecule has 31 heavy (non-hydrogen) atoms. The largest absolute Gasteiger partial charge is 0.496 e. The van der Waals surface area contributed by atoms with Gasteiger partial charge in [0, 0.05) is 12.6 Å². The highest BCUT2D eigenvalue weighted by molar-refractivity contribution is 5.92. The van der Waals surface area contributed by atoms with Gasteiger partial charge in [0.05, 0.1) is 33.1 Å². The molecule has 1 amide bonds. The van der Waals surface area contributed by atoms with Crippen molar-refractivity contribution >= 4 is 12.1 Å². The van der Waals surface area contributed by atoms with E-state index in [1.807, 2.05) is 39.8 Å². The third-order valence-electron chi connectivity index (χ3n) is 5.03. The van der Waals surface area contributed by atoms with E-state index in [9.17, 15) is 9.59 Å². The predicted octanol–water partition coefficient (Wildman–Crippen LogP) is 3.90. The maximum absolute atomic E-state index is 12.4. The number of carbonyl (C=O) groups is 2. The summed E-state index contributed by atoms with van der Waals surface area (Å²) in [5.74, 6) is 0.0745. The van der Waals surface area contributed by atoms with Crippen LogP contribution in [0.4, 0.5) is 4.79 Å². The quantitative estimate of drug-likeness (QED) is 0.357. The number of carbonyl (C=O) groups excluding carboxylic acids is 2. The van der Waals surface area contributed by atoms with Crippen LogP contribution in [-0.2, 0) is 14.2 Å². The van der Waals surface area contributed by atoms with Gasteiger partial charge < -0.3 is 23.8 Å². The Morgan fingerprint density at radius 1 is 1.29 bits per heavy atom. The highest BCUT2D eigenvalue weighted by atomic mass is 16.6. The van der Waals surface area contributed by atoms with Gasteiger partial charge in [0.25, 0.3) is 0 Å². The lowest BCUT2D eigenvalue weighted by atomic mass is 10.1. The number of methoxy groups -OCH3 is 1. The second-order valence-corrected chi connectivity index (χ2v) is 8.59. The number of benzene rings is 1. The highest BCUT2D eigenvalue weighted by Crippen LogP contribution is 2.25. The molecule has 1 saturated heterocycles. The monoisotopic (exact) mass is 436 g/mol. The molecule has 8 nitrogen and oxygen atoms in total. The van der Waals surface area contributed by atoms with Crippen LogP contribution in [0.1, 0.15) is 69.4 Å². The van der Waals surface area contributed by atoms with E-state index in [2.05, 4.69) is 5.32 Å². The van der Waals surface area contributed by atoms with Gasteiger partial charge in [0.15, 0.2) is 0 Å². The first-order valence-corrected chi connectivity index (χ1v) is 10.8. The van der Waals surface area contributed by atoms with Crippen molar-refractivity contribution in [3.8, 4) is 5.75 Å². The number of amides is 1. The lowest BCUT2D eigenvalue weighted by molar-refractivity contribution is 0.00824. The van der Waals surface area contributed by atoms with Gasteiger partial charge in [-0.05, 0) is 65.2 Å². The molecule has 1 aromatic rings. The Labute approximate surface area is 185 Å². The van der Waals surface area contributed by atoms with Crippen LogP contribution in [0.15, 0.2) is 18.2 Å². The van der Waals surface area contributed by atoms with E-state index < -0.39 is 11.6 Å². The topological polar surface area (TPSA) is 86.3 Å². The Morgan fingerprint density at radius 3 is 2.68 bits per heavy atom. The predicted molar refractivity (Wildman–Crippen MR) is 117 cm³/mol. The zero-order valence-corrected chi connectivity index (χ0v) is 19.5. The Bertz CT molecular complexity index is 746. The van der Waals surface area contributed by atoms with E-state index in [4.69, 9.17) is 18.9 Å². The maximum Gasteiger partial charge on any atom is 0.410 e. The fourth-order valence-corrected chi connectivity index (χ4v) is 3.42. The molecule has 1 N–H and O–H groups in total. The van der Waals surface area contributed by atoms with Crippen molar-refractivity contribution in [3.63, 3.8) is 0 Å². The molecule has 174 valence electrons. The van der Waals surface area contributed by atoms with Gasteiger partial charge in [-0.3, -0.25) is 5.32 Å². The van der Waals surface area contributed by atoms with Crippen molar-refractivity contribution in [3.05, 3.63) is 29.3 Å². The number of ether oxygens (including phenoxy) is 4. The molecule has 0 radical (unpaired) electrons. The number of rotatable bonds is 9. The Kier molecular flexibility index (Phi) is 9.13. The van der Waals surface area contributed by atoms with E-state index in [-0.39, 0.29) is 18.2 Å². The second-order valence-electron chi connectivity index (χ2n) is 8.59. The third-order valence-corrected chi connectivity index (χ3v) is 5.03. The molecule has 2 rings (SSSR count). The van der Waals surface area contributed by atoms with Crippen molar-refractivity contribution in [1.29, 1.82) is 0 Å². The average Bonchev–Trinajstić information content (AvgIpc) is 3.18. The Morgan fingerprint density at radius 2 is 2.03 bits per heavy atom. The summed E-state index contributed by atoms with van der Waals surface area (Å²) in [6, 6.07) is 5.41. The zero-order valence-electron chi connectivity index (χ0n) is 19.5. The van der Waals surface area contributed by atoms with E-state index in [1.165, 1.54) is 7.11 Å². The molecule has 0 aliphatic carbocycles. The molecule has 0 unspecified atom stereocenters. The lowest BCUT2D eigenvalue weighted by Gasteiger charge is -2.28. The summed E-state index contributed by atoms with van der Waals surface area (Å²) in [5, 5.41) is 3.30. The second kappa shape index (κ2) is 11.3. The minimum atomic E-state index is -0.508. The van der Waals surface area contributed by atoms with Crippen LogP contribution in [0.5, 0.6) is 5.75 Å². The van der Waals surface area contributed by atoms with Crippen molar-refractivity contribution in [1.82, 2.24) is 10.2 Å². The molecule has 8 heteroatoms. The molecule has 0 aromatic heterocycles. The fraction of sp³-hybridized carbons (Fsp3) is 0.652. The molecule has 0 spiro atoms. The Balaban J connectivity index is 1.84. The summed E-state index contributed by atoms with van der Waals surface area (Å²) < 4.78 is 21.7. The van der Waals surface area contributed by atoms with Gasteiger partial charge in [0.2, 0.25) is 0 Å². The van der Waals surface area contributed by atoms with Crippen molar-refractivity contribution in [2.75, 3.05) is 33.6 Å². The van der Waals surface area contributed by atoms with E-state index >= 15 is 0 Å². The van der Waals surface area contributed by atoms with Gasteiger partial charge in [-0.15, -0.1) is 0 Å². The number of hydrogen-bond acceptors (Lipinski definition) is 7. The number of nitrogens with one attached hydrogen (secondary N) is 1. The first-order valence-electron chi connectivity index (χ1n) is 10.8. The number of esters is 1. The first-order chi connectivity index (χ1) is 14.7. The zero-order chi connectivity index (χ0) is 23.0. The van der Waals surface area contributed by atoms with Crippen LogP contribution in [-0.4, -0.2) is 62.2 Å². The summed E-state index contributed by atoms with van der Waals surface area (Å²) in [4.78, 5) is 26.1. The number of nitrogens with zero attached hydrogens (tertiary/aromatic N) is 1. The molecular weight excluding hydrogens is 400 g/mol. The maximum atomic E-state index is 12.4. The van der Waals surface area contributed by atoms with Gasteiger partial charge in [-0.25, -0.2) is 9.59 Å². The van der Waals surface area contributed by atoms with Crippen molar-refractivity contribution < 1.29 is 28.5 Å². The van der Waals surface area contributed by atoms with Gasteiger partial charge in [0.1, 0.15) is 16.9 Å². The van der Waals surface area contributed by atoms with Crippen LogP contribution >= 0.6 is 0 Å². The average molecular weight is 437 g/mol. The van der Waals surface area contributed by atoms with E-state index in [0.29, 0.717) is 37.8 Å². The van der Waals surface area contributed by atoms with Crippen LogP contribution in [0.2, 0.25) is 0 Å². The molecular formula is C23H36N2O6. The standard InChI is InChI=1S/C23H36N2O6/c1-7-30-21(26)19-11-10-17(13-20(19)28-6)16(2)24-15-29-14-18-9-8-12-25(18)22(27)31-23(3,4)5/h10-11,13,16,18,24H,7-9,12,14-15H2,1-6H3/t16-,18+/m0/s1. The SMILES string of the molecule is CCOC(=O)c1ccc([C@H](C)NCOC[C@H]2CCCN2C(=O)OC(C)(C)C)cc1OC. The lowest BCUT2D eigenvalue weighted by Crippen LogP contribution is -2.42. The number of hydrogen-bond donors (Lipinski definition) is 1. The summed E-state index contributed by atoms with van der Waals surface area (Å²) in [5.41, 5.74) is 0.858. The molecule has 1 aliphatic rings. The summed E-state index contributed by atoms with van der Waals surface area (Å²) in [7, 11) is 1.53. The molecule has 2 atom stereocenters. The van der Waals surface area contributed by atoms with Crippen LogP contribution in [0, 0.1) is 0 Å². The highest BCUT2D eigenvalue weighted by Gasteiger charge is 2.32. The van der Waals surface area contributed by atoms with Crippen molar-refractivity contribution in [2.24, 2.45) is 0 Å². The molecule has 0 bridgehead atoms. The molecule has 1 aliphatic heterocycles. The fourth-order valence-electron chi connectivity index (χ4n) is 3.42. The van der Waals surface area contributed by atoms with Crippen molar-refractivity contribution in [2.45, 2.75) is 65.1 Å². The Hall–Kier alpha value is -2.32. The molecule has 0 saturated carbocycles. The van der Waals surface area contributed by atoms with Gasteiger partial charge in [-0.1, -0.05) is 6.07 Å². The van der Waals surface area contributed by atoms with Crippen LogP contribution < -0.4 is 10.1 Å². The smallest absolute Gasteiger partial charge is 0.410 e. The summed E-state index contributed by atoms with van der Waals surface area (Å²) >= 11 is 0. The minimum Gasteiger partial charge on any atom is -0.496 e. The van der Waals surface area contributed by atoms with Gasteiger partial charge >= 0.3 is 12.1 Å². The first kappa shape index (κ1) is 24.9. The molecule has 1 fully saturated rings. The number of likely N-dealkylation sites (tertiary alicyclic amines) is 1. The van der Waals surface area contributed by atoms with E-state index in [0.717, 1.165) is 18.4 Å². The normalized spacial score (nSPS) is 17.4. The van der Waals surface area contributed by atoms with Gasteiger partial charge in [-0.2, -0.15) is 0 Å². The van der Waals surface area contributed by atoms with Crippen LogP contribution in [0.3, 0.4) is 0 Å². The molecule has 1 heterocycles. The molecule has 1 aromatic carbocycles. The summed E-state index contributed by atoms with van der Waals surface area (Å²) in [6.07, 6.45) is 1.57. The summed E-state index contributed by atoms with van der Waals surface area (Å²) in [6.45, 7) is 11.2. The minimum absolute atomic E-state index is 0.0179. The van der Waals surface area contributed by atoms with E-state index in [1.54, 1.807) is 17.9 Å². The third kappa shape index (κ3) is 7.40.